The first-order valence-electron chi connectivity index (χ1n) is 5.35. The number of methoxy groups -OCH3 is 1. The summed E-state index contributed by atoms with van der Waals surface area (Å²) in [4.78, 5) is 0. The molecule has 1 rings (SSSR count). The van der Waals surface area contributed by atoms with Crippen molar-refractivity contribution >= 4 is 0 Å². The van der Waals surface area contributed by atoms with Crippen LogP contribution in [0.4, 0.5) is 0 Å². The van der Waals surface area contributed by atoms with Crippen LogP contribution in [-0.4, -0.2) is 72.8 Å². The molecule has 0 aromatic heterocycles. The molecular weight excluding hydrogens is 216 g/mol. The molecule has 0 radical (unpaired) electrons. The summed E-state index contributed by atoms with van der Waals surface area (Å²) in [6.45, 7) is 1.49. The second-order valence-electron chi connectivity index (χ2n) is 3.81. The third kappa shape index (κ3) is 2.91. The molecule has 0 amide bonds. The van der Waals surface area contributed by atoms with E-state index in [0.717, 1.165) is 0 Å². The van der Waals surface area contributed by atoms with Crippen molar-refractivity contribution in [2.45, 2.75) is 37.4 Å². The minimum atomic E-state index is -0.834. The average molecular weight is 236 g/mol. The molecule has 0 aromatic rings. The summed E-state index contributed by atoms with van der Waals surface area (Å²) < 4.78 is 15.9. The van der Waals surface area contributed by atoms with Gasteiger partial charge in [-0.2, -0.15) is 0 Å². The first-order valence-corrected chi connectivity index (χ1v) is 5.35. The lowest BCUT2D eigenvalue weighted by Gasteiger charge is -2.42. The molecule has 0 saturated carbocycles. The highest BCUT2D eigenvalue weighted by atomic mass is 16.6. The molecule has 1 aliphatic heterocycles. The Kier molecular flexibility index (Phi) is 5.60. The highest BCUT2D eigenvalue weighted by Crippen LogP contribution is 2.25. The first kappa shape index (κ1) is 13.8. The third-order valence-electron chi connectivity index (χ3n) is 2.75. The lowest BCUT2D eigenvalue weighted by Crippen LogP contribution is -2.59. The van der Waals surface area contributed by atoms with Crippen LogP contribution in [0.3, 0.4) is 0 Å². The van der Waals surface area contributed by atoms with Crippen LogP contribution in [0.25, 0.3) is 0 Å². The number of aliphatic hydroxyl groups excluding tert-OH is 3. The molecule has 5 atom stereocenters. The first-order chi connectivity index (χ1) is 7.65. The Morgan fingerprint density at radius 2 is 1.94 bits per heavy atom. The van der Waals surface area contributed by atoms with Crippen molar-refractivity contribution in [3.63, 3.8) is 0 Å². The summed E-state index contributed by atoms with van der Waals surface area (Å²) in [5, 5.41) is 27.7. The van der Waals surface area contributed by atoms with Crippen LogP contribution >= 0.6 is 0 Å². The van der Waals surface area contributed by atoms with Gasteiger partial charge in [0.15, 0.2) is 0 Å². The van der Waals surface area contributed by atoms with E-state index in [2.05, 4.69) is 0 Å². The van der Waals surface area contributed by atoms with E-state index in [0.29, 0.717) is 0 Å². The fraction of sp³-hybridized carbons (Fsp3) is 1.00. The van der Waals surface area contributed by atoms with E-state index in [1.807, 2.05) is 0 Å². The minimum Gasteiger partial charge on any atom is -0.394 e. The number of rotatable bonds is 5. The molecule has 1 fully saturated rings. The summed E-state index contributed by atoms with van der Waals surface area (Å²) in [5.41, 5.74) is 0. The molecule has 0 aromatic carbocycles. The molecule has 1 aliphatic rings. The normalized spacial score (nSPS) is 39.9. The lowest BCUT2D eigenvalue weighted by molar-refractivity contribution is -0.244. The van der Waals surface area contributed by atoms with Gasteiger partial charge in [0.2, 0.25) is 0 Å². The standard InChI is InChI=1S/C10H20O6/c1-6-8(13)10(15-4-3-11)9(14-2)7(5-12)16-6/h6-13H,3-5H2,1-2H3/t6-,7?,8?,9?,10?/m0/s1. The predicted molar refractivity (Wildman–Crippen MR) is 55.1 cm³/mol. The number of ether oxygens (including phenoxy) is 3. The molecule has 0 spiro atoms. The van der Waals surface area contributed by atoms with Crippen molar-refractivity contribution in [3.05, 3.63) is 0 Å². The summed E-state index contributed by atoms with van der Waals surface area (Å²) in [6, 6.07) is 0. The van der Waals surface area contributed by atoms with Gasteiger partial charge in [0.1, 0.15) is 24.4 Å². The molecule has 1 saturated heterocycles. The van der Waals surface area contributed by atoms with Gasteiger partial charge in [-0.05, 0) is 6.92 Å². The van der Waals surface area contributed by atoms with Crippen LogP contribution in [0.5, 0.6) is 0 Å². The Balaban J connectivity index is 2.70. The summed E-state index contributed by atoms with van der Waals surface area (Å²) >= 11 is 0. The fourth-order valence-corrected chi connectivity index (χ4v) is 1.92. The van der Waals surface area contributed by atoms with Gasteiger partial charge in [0.25, 0.3) is 0 Å². The zero-order valence-electron chi connectivity index (χ0n) is 9.57. The summed E-state index contributed by atoms with van der Waals surface area (Å²) in [6.07, 6.45) is -2.93. The van der Waals surface area contributed by atoms with E-state index < -0.39 is 30.5 Å². The van der Waals surface area contributed by atoms with Gasteiger partial charge in [-0.1, -0.05) is 0 Å². The molecule has 0 bridgehead atoms. The molecule has 4 unspecified atom stereocenters. The van der Waals surface area contributed by atoms with E-state index in [1.165, 1.54) is 7.11 Å². The van der Waals surface area contributed by atoms with Crippen molar-refractivity contribution in [2.24, 2.45) is 0 Å². The Labute approximate surface area is 94.7 Å². The van der Waals surface area contributed by atoms with Crippen molar-refractivity contribution in [1.82, 2.24) is 0 Å². The Hall–Kier alpha value is -0.240. The number of hydrogen-bond acceptors (Lipinski definition) is 6. The van der Waals surface area contributed by atoms with Crippen LogP contribution in [0.15, 0.2) is 0 Å². The topological polar surface area (TPSA) is 88.4 Å². The van der Waals surface area contributed by atoms with Crippen molar-refractivity contribution in [2.75, 3.05) is 26.9 Å². The highest BCUT2D eigenvalue weighted by Gasteiger charge is 2.44. The monoisotopic (exact) mass is 236 g/mol. The fourth-order valence-electron chi connectivity index (χ4n) is 1.92. The average Bonchev–Trinajstić information content (AvgIpc) is 2.30. The van der Waals surface area contributed by atoms with Gasteiger partial charge < -0.3 is 29.5 Å². The molecule has 1 heterocycles. The smallest absolute Gasteiger partial charge is 0.115 e. The van der Waals surface area contributed by atoms with Gasteiger partial charge in [-0.3, -0.25) is 0 Å². The van der Waals surface area contributed by atoms with Gasteiger partial charge in [0, 0.05) is 7.11 Å². The van der Waals surface area contributed by atoms with Crippen molar-refractivity contribution in [1.29, 1.82) is 0 Å². The van der Waals surface area contributed by atoms with Crippen LogP contribution in [0.1, 0.15) is 6.92 Å². The van der Waals surface area contributed by atoms with E-state index in [-0.39, 0.29) is 19.8 Å². The SMILES string of the molecule is COC1C(CO)O[C@@H](C)C(O)C1OCCO. The molecule has 16 heavy (non-hydrogen) atoms. The number of hydrogen-bond donors (Lipinski definition) is 3. The Morgan fingerprint density at radius 1 is 1.25 bits per heavy atom. The second-order valence-corrected chi connectivity index (χ2v) is 3.81. The second kappa shape index (κ2) is 6.48. The van der Waals surface area contributed by atoms with Gasteiger partial charge in [0.05, 0.1) is 25.9 Å². The highest BCUT2D eigenvalue weighted by molar-refractivity contribution is 4.92. The zero-order chi connectivity index (χ0) is 12.1. The summed E-state index contributed by atoms with van der Waals surface area (Å²) in [7, 11) is 1.47. The van der Waals surface area contributed by atoms with E-state index in [9.17, 15) is 5.11 Å². The van der Waals surface area contributed by atoms with Crippen LogP contribution in [0.2, 0.25) is 0 Å². The largest absolute Gasteiger partial charge is 0.394 e. The van der Waals surface area contributed by atoms with Crippen LogP contribution < -0.4 is 0 Å². The molecule has 3 N–H and O–H groups in total. The van der Waals surface area contributed by atoms with Gasteiger partial charge in [-0.15, -0.1) is 0 Å². The summed E-state index contributed by atoms with van der Waals surface area (Å²) in [5.74, 6) is 0. The molecule has 6 heteroatoms. The Bertz CT molecular complexity index is 200. The maximum Gasteiger partial charge on any atom is 0.115 e. The maximum atomic E-state index is 9.89. The van der Waals surface area contributed by atoms with Crippen LogP contribution in [0, 0.1) is 0 Å². The van der Waals surface area contributed by atoms with Crippen molar-refractivity contribution in [3.8, 4) is 0 Å². The maximum absolute atomic E-state index is 9.89. The lowest BCUT2D eigenvalue weighted by atomic mass is 9.95. The molecular formula is C10H20O6. The van der Waals surface area contributed by atoms with Crippen molar-refractivity contribution < 1.29 is 29.5 Å². The molecule has 0 aliphatic carbocycles. The van der Waals surface area contributed by atoms with E-state index in [4.69, 9.17) is 24.4 Å². The van der Waals surface area contributed by atoms with Crippen LogP contribution in [-0.2, 0) is 14.2 Å². The third-order valence-corrected chi connectivity index (χ3v) is 2.75. The van der Waals surface area contributed by atoms with Gasteiger partial charge in [-0.25, -0.2) is 0 Å². The van der Waals surface area contributed by atoms with E-state index in [1.54, 1.807) is 6.92 Å². The number of aliphatic hydroxyl groups is 3. The predicted octanol–water partition coefficient (Wildman–Crippen LogP) is -1.48. The molecule has 96 valence electrons. The molecule has 6 nitrogen and oxygen atoms in total. The Morgan fingerprint density at radius 3 is 2.44 bits per heavy atom. The zero-order valence-corrected chi connectivity index (χ0v) is 9.57. The quantitative estimate of drug-likeness (QED) is 0.539. The van der Waals surface area contributed by atoms with E-state index >= 15 is 0 Å². The van der Waals surface area contributed by atoms with Gasteiger partial charge >= 0.3 is 0 Å². The minimum absolute atomic E-state index is 0.118.